The minimum Gasteiger partial charge on any atom is -0.312 e. The van der Waals surface area contributed by atoms with E-state index in [1.165, 1.54) is 0 Å². The highest BCUT2D eigenvalue weighted by Gasteiger charge is 2.15. The van der Waals surface area contributed by atoms with Crippen molar-refractivity contribution in [2.24, 2.45) is 0 Å². The van der Waals surface area contributed by atoms with Crippen molar-refractivity contribution in [3.63, 3.8) is 0 Å². The zero-order chi connectivity index (χ0) is 8.55. The highest BCUT2D eigenvalue weighted by atomic mass is 35.5. The van der Waals surface area contributed by atoms with Gasteiger partial charge in [0.05, 0.1) is 5.69 Å². The van der Waals surface area contributed by atoms with Crippen LogP contribution >= 0.6 is 35.6 Å². The highest BCUT2D eigenvalue weighted by Crippen LogP contribution is 2.20. The van der Waals surface area contributed by atoms with Gasteiger partial charge in [0.15, 0.2) is 0 Å². The van der Waals surface area contributed by atoms with E-state index >= 15 is 0 Å². The first-order chi connectivity index (χ1) is 5.77. The van der Waals surface area contributed by atoms with Crippen LogP contribution in [0.5, 0.6) is 0 Å². The predicted octanol–water partition coefficient (Wildman–Crippen LogP) is 1.85. The van der Waals surface area contributed by atoms with Crippen LogP contribution < -0.4 is 5.32 Å². The van der Waals surface area contributed by atoms with Gasteiger partial charge in [0.1, 0.15) is 5.15 Å². The molecule has 0 saturated carbocycles. The zero-order valence-corrected chi connectivity index (χ0v) is 9.01. The number of fused-ring (bicyclic) bond motifs is 1. The molecule has 0 unspecified atom stereocenters. The van der Waals surface area contributed by atoms with Crippen LogP contribution in [0.3, 0.4) is 0 Å². The molecule has 1 aromatic heterocycles. The van der Waals surface area contributed by atoms with Gasteiger partial charge in [0, 0.05) is 25.1 Å². The third-order valence-corrected chi connectivity index (χ3v) is 2.34. The van der Waals surface area contributed by atoms with Crippen LogP contribution in [0, 0.1) is 0 Å². The Bertz CT molecular complexity index is 316. The van der Waals surface area contributed by atoms with Crippen molar-refractivity contribution in [1.82, 2.24) is 15.3 Å². The van der Waals surface area contributed by atoms with E-state index in [9.17, 15) is 0 Å². The Morgan fingerprint density at radius 3 is 2.77 bits per heavy atom. The maximum Gasteiger partial charge on any atom is 0.224 e. The number of halogens is 3. The molecule has 6 heteroatoms. The van der Waals surface area contributed by atoms with Crippen molar-refractivity contribution in [3.8, 4) is 0 Å². The maximum absolute atomic E-state index is 5.87. The summed E-state index contributed by atoms with van der Waals surface area (Å²) in [5.74, 6) is 0. The molecule has 0 atom stereocenters. The largest absolute Gasteiger partial charge is 0.312 e. The third kappa shape index (κ3) is 2.23. The summed E-state index contributed by atoms with van der Waals surface area (Å²) < 4.78 is 0. The van der Waals surface area contributed by atoms with Gasteiger partial charge in [-0.3, -0.25) is 0 Å². The summed E-state index contributed by atoms with van der Waals surface area (Å²) in [4.78, 5) is 7.97. The summed E-state index contributed by atoms with van der Waals surface area (Å²) in [5.41, 5.74) is 1.95. The van der Waals surface area contributed by atoms with E-state index in [4.69, 9.17) is 23.2 Å². The number of nitrogens with one attached hydrogen (secondary N) is 1. The molecule has 0 spiro atoms. The molecule has 0 saturated heterocycles. The van der Waals surface area contributed by atoms with Gasteiger partial charge < -0.3 is 5.32 Å². The Hall–Kier alpha value is -0.0900. The molecule has 1 N–H and O–H groups in total. The van der Waals surface area contributed by atoms with Gasteiger partial charge in [-0.15, -0.1) is 12.4 Å². The smallest absolute Gasteiger partial charge is 0.224 e. The molecule has 0 fully saturated rings. The second-order valence-electron chi connectivity index (χ2n) is 2.64. The molecule has 2 rings (SSSR count). The number of aromatic nitrogens is 2. The van der Waals surface area contributed by atoms with Gasteiger partial charge in [-0.05, 0) is 11.6 Å². The molecule has 0 amide bonds. The first-order valence-corrected chi connectivity index (χ1v) is 4.44. The summed E-state index contributed by atoms with van der Waals surface area (Å²) in [6, 6.07) is 0. The molecule has 1 aliphatic rings. The van der Waals surface area contributed by atoms with Gasteiger partial charge in [0.25, 0.3) is 0 Å². The molecule has 0 aromatic carbocycles. The van der Waals surface area contributed by atoms with E-state index in [-0.39, 0.29) is 17.7 Å². The summed E-state index contributed by atoms with van der Waals surface area (Å²) >= 11 is 11.5. The number of rotatable bonds is 0. The normalized spacial score (nSPS) is 14.6. The van der Waals surface area contributed by atoms with Crippen molar-refractivity contribution in [1.29, 1.82) is 0 Å². The highest BCUT2D eigenvalue weighted by molar-refractivity contribution is 6.32. The van der Waals surface area contributed by atoms with E-state index < -0.39 is 0 Å². The molecule has 3 nitrogen and oxygen atoms in total. The van der Waals surface area contributed by atoms with Crippen LogP contribution in [0.25, 0.3) is 0 Å². The van der Waals surface area contributed by atoms with E-state index in [1.807, 2.05) is 0 Å². The van der Waals surface area contributed by atoms with Gasteiger partial charge in [-0.2, -0.15) is 0 Å². The topological polar surface area (TPSA) is 37.8 Å². The second kappa shape index (κ2) is 4.42. The average molecular weight is 241 g/mol. The monoisotopic (exact) mass is 239 g/mol. The zero-order valence-electron chi connectivity index (χ0n) is 6.68. The lowest BCUT2D eigenvalue weighted by Gasteiger charge is -2.16. The van der Waals surface area contributed by atoms with Crippen molar-refractivity contribution in [2.45, 2.75) is 13.0 Å². The van der Waals surface area contributed by atoms with Gasteiger partial charge in [-0.25, -0.2) is 9.97 Å². The fourth-order valence-corrected chi connectivity index (χ4v) is 1.76. The van der Waals surface area contributed by atoms with Crippen LogP contribution in [0.4, 0.5) is 0 Å². The number of nitrogens with zero attached hydrogens (tertiary/aromatic N) is 2. The Morgan fingerprint density at radius 2 is 2.00 bits per heavy atom. The first-order valence-electron chi connectivity index (χ1n) is 3.69. The lowest BCUT2D eigenvalue weighted by molar-refractivity contribution is 0.626. The molecular weight excluding hydrogens is 232 g/mol. The minimum atomic E-state index is 0. The lowest BCUT2D eigenvalue weighted by Crippen LogP contribution is -2.25. The number of hydrogen-bond acceptors (Lipinski definition) is 3. The Labute approximate surface area is 92.3 Å². The molecule has 72 valence electrons. The van der Waals surface area contributed by atoms with Gasteiger partial charge >= 0.3 is 0 Å². The SMILES string of the molecule is Cl.Clc1nc(Cl)c2c(n1)CCNC2. The summed E-state index contributed by atoms with van der Waals surface area (Å²) in [6.07, 6.45) is 0.872. The standard InChI is InChI=1S/C7H7Cl2N3.ClH/c8-6-4-3-10-2-1-5(4)11-7(9)12-6;/h10H,1-3H2;1H. The first kappa shape index (κ1) is 11.0. The molecule has 1 aliphatic heterocycles. The fraction of sp³-hybridized carbons (Fsp3) is 0.429. The van der Waals surface area contributed by atoms with Crippen molar-refractivity contribution in [2.75, 3.05) is 6.54 Å². The van der Waals surface area contributed by atoms with Gasteiger partial charge in [-0.1, -0.05) is 11.6 Å². The average Bonchev–Trinajstić information content (AvgIpc) is 2.04. The third-order valence-electron chi connectivity index (χ3n) is 1.86. The number of hydrogen-bond donors (Lipinski definition) is 1. The minimum absolute atomic E-state index is 0. The van der Waals surface area contributed by atoms with E-state index in [1.54, 1.807) is 0 Å². The molecule has 0 aliphatic carbocycles. The van der Waals surface area contributed by atoms with Crippen molar-refractivity contribution >= 4 is 35.6 Å². The van der Waals surface area contributed by atoms with E-state index in [0.717, 1.165) is 30.8 Å². The molecule has 0 bridgehead atoms. The van der Waals surface area contributed by atoms with Crippen LogP contribution in [-0.4, -0.2) is 16.5 Å². The fourth-order valence-electron chi connectivity index (χ4n) is 1.27. The second-order valence-corrected chi connectivity index (χ2v) is 3.33. The van der Waals surface area contributed by atoms with Crippen molar-refractivity contribution < 1.29 is 0 Å². The Balaban J connectivity index is 0.000000845. The van der Waals surface area contributed by atoms with Crippen molar-refractivity contribution in [3.05, 3.63) is 21.7 Å². The quantitative estimate of drug-likeness (QED) is 0.555. The van der Waals surface area contributed by atoms with E-state index in [0.29, 0.717) is 5.15 Å². The molecule has 1 aromatic rings. The Morgan fingerprint density at radius 1 is 1.23 bits per heavy atom. The lowest BCUT2D eigenvalue weighted by atomic mass is 10.1. The van der Waals surface area contributed by atoms with E-state index in [2.05, 4.69) is 15.3 Å². The van der Waals surface area contributed by atoms with Crippen LogP contribution in [0.1, 0.15) is 11.3 Å². The van der Waals surface area contributed by atoms with Crippen LogP contribution in [-0.2, 0) is 13.0 Å². The predicted molar refractivity (Wildman–Crippen MR) is 54.7 cm³/mol. The molecule has 0 radical (unpaired) electrons. The molecule has 2 heterocycles. The summed E-state index contributed by atoms with van der Waals surface area (Å²) in [5, 5.41) is 3.90. The molecule has 13 heavy (non-hydrogen) atoms. The van der Waals surface area contributed by atoms with Crippen LogP contribution in [0.15, 0.2) is 0 Å². The maximum atomic E-state index is 5.87. The summed E-state index contributed by atoms with van der Waals surface area (Å²) in [6.45, 7) is 1.67. The molecular formula is C7H8Cl3N3. The Kier molecular flexibility index (Phi) is 3.74. The van der Waals surface area contributed by atoms with Gasteiger partial charge in [0.2, 0.25) is 5.28 Å². The van der Waals surface area contributed by atoms with Crippen LogP contribution in [0.2, 0.25) is 10.4 Å². The summed E-state index contributed by atoms with van der Waals surface area (Å²) in [7, 11) is 0.